The second-order valence-corrected chi connectivity index (χ2v) is 11.4. The van der Waals surface area contributed by atoms with Gasteiger partial charge in [-0.25, -0.2) is 0 Å². The summed E-state index contributed by atoms with van der Waals surface area (Å²) in [6.07, 6.45) is 1.18. The van der Waals surface area contributed by atoms with Crippen molar-refractivity contribution in [2.75, 3.05) is 17.2 Å². The smallest absolute Gasteiger partial charge is 0.250 e. The fraction of sp³-hybridized carbons (Fsp3) is 0.500. The molecule has 2 aromatic carbocycles. The number of rotatable bonds is 8. The summed E-state index contributed by atoms with van der Waals surface area (Å²) in [6.45, 7) is 7.64. The number of aliphatic hydroxyl groups excluding tert-OH is 1. The number of likely N-dealkylation sites (tertiary alicyclic amines) is 1. The van der Waals surface area contributed by atoms with Crippen LogP contribution in [0.3, 0.4) is 0 Å². The number of ether oxygens (including phenoxy) is 1. The molecule has 3 fully saturated rings. The molecule has 8 nitrogen and oxygen atoms in total. The van der Waals surface area contributed by atoms with Crippen LogP contribution in [0.5, 0.6) is 0 Å². The largest absolute Gasteiger partial charge is 0.394 e. The van der Waals surface area contributed by atoms with Gasteiger partial charge in [0, 0.05) is 11.4 Å². The van der Waals surface area contributed by atoms with Crippen LogP contribution in [0.4, 0.5) is 11.4 Å². The maximum absolute atomic E-state index is 14.2. The van der Waals surface area contributed by atoms with E-state index >= 15 is 0 Å². The van der Waals surface area contributed by atoms with E-state index in [4.69, 9.17) is 4.74 Å². The molecule has 2 aromatic rings. The van der Waals surface area contributed by atoms with Crippen LogP contribution in [0.15, 0.2) is 48.5 Å². The number of hydrogen-bond acceptors (Lipinski definition) is 5. The summed E-state index contributed by atoms with van der Waals surface area (Å²) >= 11 is 0. The molecule has 0 saturated carbocycles. The second-order valence-electron chi connectivity index (χ2n) is 11.4. The lowest BCUT2D eigenvalue weighted by Crippen LogP contribution is -2.56. The molecule has 3 amide bonds. The molecule has 3 heterocycles. The topological polar surface area (TPSA) is 108 Å². The first-order valence-corrected chi connectivity index (χ1v) is 13.5. The quantitative estimate of drug-likeness (QED) is 0.493. The van der Waals surface area contributed by atoms with Crippen LogP contribution < -0.4 is 10.6 Å². The zero-order valence-corrected chi connectivity index (χ0v) is 22.4. The molecule has 3 N–H and O–H groups in total. The summed E-state index contributed by atoms with van der Waals surface area (Å²) in [5.41, 5.74) is 2.12. The van der Waals surface area contributed by atoms with Crippen LogP contribution in [0.2, 0.25) is 0 Å². The minimum absolute atomic E-state index is 0.190. The van der Waals surface area contributed by atoms with Crippen LogP contribution in [0, 0.1) is 31.6 Å². The average Bonchev–Trinajstić information content (AvgIpc) is 3.52. The number of fused-ring (bicyclic) bond motifs is 1. The third-order valence-electron chi connectivity index (χ3n) is 8.33. The zero-order chi connectivity index (χ0) is 27.2. The molecule has 0 radical (unpaired) electrons. The SMILES string of the molecule is Cc1ccc(C)c(NC(=O)C2N([C@@H](CO)CC(C)C)C(=O)[C@@H]3[C@@H](C(=O)Nc4ccccc4)[C@H]4CCC23O4)c1. The Labute approximate surface area is 223 Å². The Bertz CT molecular complexity index is 1230. The van der Waals surface area contributed by atoms with Crippen LogP contribution in [0.1, 0.15) is 44.2 Å². The Hall–Kier alpha value is -3.23. The summed E-state index contributed by atoms with van der Waals surface area (Å²) in [7, 11) is 0. The fourth-order valence-electron chi connectivity index (χ4n) is 6.72. The van der Waals surface area contributed by atoms with E-state index in [2.05, 4.69) is 10.6 Å². The highest BCUT2D eigenvalue weighted by atomic mass is 16.5. The molecule has 2 bridgehead atoms. The van der Waals surface area contributed by atoms with Crippen LogP contribution in [-0.4, -0.2) is 58.1 Å². The Kier molecular flexibility index (Phi) is 7.05. The van der Waals surface area contributed by atoms with E-state index in [9.17, 15) is 19.5 Å². The highest BCUT2D eigenvalue weighted by Gasteiger charge is 2.75. The fourth-order valence-corrected chi connectivity index (χ4v) is 6.72. The molecule has 2 unspecified atom stereocenters. The van der Waals surface area contributed by atoms with Crippen molar-refractivity contribution in [3.63, 3.8) is 0 Å². The van der Waals surface area contributed by atoms with E-state index in [1.54, 1.807) is 12.1 Å². The van der Waals surface area contributed by atoms with Crippen molar-refractivity contribution in [1.29, 1.82) is 0 Å². The third kappa shape index (κ3) is 4.39. The van der Waals surface area contributed by atoms with Crippen LogP contribution >= 0.6 is 0 Å². The number of nitrogens with one attached hydrogen (secondary N) is 2. The standard InChI is InChI=1S/C30H37N3O5/c1-17(2)14-21(16-34)33-26(28(36)32-22-15-18(3)10-11-19(22)4)30-13-12-23(38-30)24(25(30)29(33)37)27(35)31-20-8-6-5-7-9-20/h5-11,15,17,21,23-26,34H,12-14,16H2,1-4H3,(H,31,35)(H,32,36)/t21-,23-,24+,25+,26?,30?/m1/s1. The second kappa shape index (κ2) is 10.2. The van der Waals surface area contributed by atoms with E-state index in [-0.39, 0.29) is 30.2 Å². The summed E-state index contributed by atoms with van der Waals surface area (Å²) in [5.74, 6) is -2.23. The van der Waals surface area contributed by atoms with Crippen LogP contribution in [-0.2, 0) is 19.1 Å². The Morgan fingerprint density at radius 3 is 2.53 bits per heavy atom. The predicted molar refractivity (Wildman–Crippen MR) is 144 cm³/mol. The molecule has 3 aliphatic heterocycles. The summed E-state index contributed by atoms with van der Waals surface area (Å²) in [6, 6.07) is 13.5. The average molecular weight is 520 g/mol. The number of carbonyl (C=O) groups excluding carboxylic acids is 3. The number of para-hydroxylation sites is 1. The van der Waals surface area contributed by atoms with Gasteiger partial charge in [-0.15, -0.1) is 0 Å². The van der Waals surface area contributed by atoms with Gasteiger partial charge in [-0.2, -0.15) is 0 Å². The van der Waals surface area contributed by atoms with Gasteiger partial charge in [-0.3, -0.25) is 14.4 Å². The number of anilines is 2. The molecule has 38 heavy (non-hydrogen) atoms. The van der Waals surface area contributed by atoms with Crippen molar-refractivity contribution >= 4 is 29.1 Å². The maximum Gasteiger partial charge on any atom is 0.250 e. The molecule has 8 heteroatoms. The first-order chi connectivity index (χ1) is 18.2. The lowest BCUT2D eigenvalue weighted by molar-refractivity contribution is -0.143. The molecule has 0 aromatic heterocycles. The minimum Gasteiger partial charge on any atom is -0.394 e. The van der Waals surface area contributed by atoms with E-state index in [0.29, 0.717) is 30.6 Å². The molecule has 3 aliphatic rings. The number of hydrogen-bond donors (Lipinski definition) is 3. The Morgan fingerprint density at radius 1 is 1.11 bits per heavy atom. The van der Waals surface area contributed by atoms with Crippen molar-refractivity contribution in [3.05, 3.63) is 59.7 Å². The minimum atomic E-state index is -1.12. The van der Waals surface area contributed by atoms with Gasteiger partial charge < -0.3 is 25.4 Å². The van der Waals surface area contributed by atoms with Crippen molar-refractivity contribution in [3.8, 4) is 0 Å². The first-order valence-electron chi connectivity index (χ1n) is 13.5. The Morgan fingerprint density at radius 2 is 1.84 bits per heavy atom. The molecule has 5 rings (SSSR count). The van der Waals surface area contributed by atoms with Gasteiger partial charge in [0.05, 0.1) is 30.6 Å². The van der Waals surface area contributed by atoms with E-state index in [1.807, 2.05) is 64.1 Å². The van der Waals surface area contributed by atoms with Gasteiger partial charge in [-0.05, 0) is 68.4 Å². The lowest BCUT2D eigenvalue weighted by atomic mass is 9.70. The third-order valence-corrected chi connectivity index (χ3v) is 8.33. The van der Waals surface area contributed by atoms with E-state index < -0.39 is 35.6 Å². The zero-order valence-electron chi connectivity index (χ0n) is 22.4. The molecule has 6 atom stereocenters. The number of nitrogens with zero attached hydrogens (tertiary/aromatic N) is 1. The van der Waals surface area contributed by atoms with Crippen molar-refractivity contribution < 1.29 is 24.2 Å². The van der Waals surface area contributed by atoms with Gasteiger partial charge in [0.1, 0.15) is 11.6 Å². The molecule has 202 valence electrons. The Balaban J connectivity index is 1.52. The van der Waals surface area contributed by atoms with E-state index in [0.717, 1.165) is 11.1 Å². The maximum atomic E-state index is 14.2. The number of aryl methyl sites for hydroxylation is 2. The molecule has 1 spiro atoms. The first kappa shape index (κ1) is 26.4. The molecule has 0 aliphatic carbocycles. The molecular formula is C30H37N3O5. The van der Waals surface area contributed by atoms with Crippen molar-refractivity contribution in [2.24, 2.45) is 17.8 Å². The highest BCUT2D eigenvalue weighted by molar-refractivity contribution is 6.05. The summed E-state index contributed by atoms with van der Waals surface area (Å²) < 4.78 is 6.52. The predicted octanol–water partition coefficient (Wildman–Crippen LogP) is 3.66. The number of carbonyl (C=O) groups is 3. The van der Waals surface area contributed by atoms with Crippen molar-refractivity contribution in [2.45, 2.75) is 70.7 Å². The van der Waals surface area contributed by atoms with Gasteiger partial charge in [0.15, 0.2) is 0 Å². The van der Waals surface area contributed by atoms with Gasteiger partial charge in [0.2, 0.25) is 17.7 Å². The monoisotopic (exact) mass is 519 g/mol. The molecular weight excluding hydrogens is 482 g/mol. The normalized spacial score (nSPS) is 28.5. The number of aliphatic hydroxyl groups is 1. The van der Waals surface area contributed by atoms with Crippen molar-refractivity contribution in [1.82, 2.24) is 4.90 Å². The number of amides is 3. The van der Waals surface area contributed by atoms with Crippen LogP contribution in [0.25, 0.3) is 0 Å². The van der Waals surface area contributed by atoms with E-state index in [1.165, 1.54) is 4.90 Å². The number of benzene rings is 2. The molecule has 3 saturated heterocycles. The lowest BCUT2D eigenvalue weighted by Gasteiger charge is -2.37. The van der Waals surface area contributed by atoms with Gasteiger partial charge >= 0.3 is 0 Å². The summed E-state index contributed by atoms with van der Waals surface area (Å²) in [5, 5.41) is 16.4. The van der Waals surface area contributed by atoms with Gasteiger partial charge in [-0.1, -0.05) is 44.2 Å². The summed E-state index contributed by atoms with van der Waals surface area (Å²) in [4.78, 5) is 43.3. The van der Waals surface area contributed by atoms with Gasteiger partial charge in [0.25, 0.3) is 0 Å². The highest BCUT2D eigenvalue weighted by Crippen LogP contribution is 2.59.